The zero-order valence-corrected chi connectivity index (χ0v) is 13.2. The molecule has 1 fully saturated rings. The van der Waals surface area contributed by atoms with Crippen LogP contribution in [-0.4, -0.2) is 39.5 Å². The van der Waals surface area contributed by atoms with Gasteiger partial charge in [-0.15, -0.1) is 0 Å². The van der Waals surface area contributed by atoms with Crippen LogP contribution in [0.4, 0.5) is 0 Å². The molecule has 1 aromatic carbocycles. The van der Waals surface area contributed by atoms with Crippen LogP contribution in [0.5, 0.6) is 0 Å². The molecular formula is C15H23NO3S. The number of hydrogen-bond donors (Lipinski definition) is 0. The molecule has 4 nitrogen and oxygen atoms in total. The Kier molecular flexibility index (Phi) is 4.83. The molecule has 5 heteroatoms. The number of sulfonamides is 1. The lowest BCUT2D eigenvalue weighted by atomic mass is 10.0. The Morgan fingerprint density at radius 3 is 2.45 bits per heavy atom. The van der Waals surface area contributed by atoms with Crippen LogP contribution in [-0.2, 0) is 14.8 Å². The van der Waals surface area contributed by atoms with Gasteiger partial charge in [0.2, 0.25) is 10.0 Å². The Bertz CT molecular complexity index is 562. The van der Waals surface area contributed by atoms with Gasteiger partial charge < -0.3 is 4.74 Å². The Labute approximate surface area is 121 Å². The van der Waals surface area contributed by atoms with E-state index < -0.39 is 10.0 Å². The van der Waals surface area contributed by atoms with E-state index in [0.717, 1.165) is 37.2 Å². The largest absolute Gasteiger partial charge is 0.381 e. The van der Waals surface area contributed by atoms with Gasteiger partial charge in [0.1, 0.15) is 0 Å². The van der Waals surface area contributed by atoms with Gasteiger partial charge in [-0.25, -0.2) is 12.7 Å². The molecule has 0 atom stereocenters. The summed E-state index contributed by atoms with van der Waals surface area (Å²) < 4.78 is 31.9. The molecular weight excluding hydrogens is 274 g/mol. The van der Waals surface area contributed by atoms with E-state index >= 15 is 0 Å². The molecule has 1 aliphatic heterocycles. The van der Waals surface area contributed by atoms with E-state index in [1.807, 2.05) is 19.9 Å². The summed E-state index contributed by atoms with van der Waals surface area (Å²) in [4.78, 5) is 0.384. The number of benzene rings is 1. The van der Waals surface area contributed by atoms with Gasteiger partial charge in [-0.3, -0.25) is 0 Å². The predicted octanol–water partition coefficient (Wildman–Crippen LogP) is 2.35. The first kappa shape index (κ1) is 15.5. The molecule has 0 N–H and O–H groups in total. The molecule has 0 saturated carbocycles. The van der Waals surface area contributed by atoms with Crippen molar-refractivity contribution in [2.24, 2.45) is 5.92 Å². The van der Waals surface area contributed by atoms with Gasteiger partial charge in [0, 0.05) is 26.8 Å². The average Bonchev–Trinajstić information content (AvgIpc) is 2.42. The molecule has 1 heterocycles. The van der Waals surface area contributed by atoms with Crippen LogP contribution >= 0.6 is 0 Å². The van der Waals surface area contributed by atoms with Crippen LogP contribution in [0.1, 0.15) is 24.0 Å². The SMILES string of the molecule is Cc1ccc(S(=O)(=O)N(C)CC2CCOCC2)cc1C. The van der Waals surface area contributed by atoms with Crippen molar-refractivity contribution in [2.75, 3.05) is 26.8 Å². The van der Waals surface area contributed by atoms with Crippen molar-refractivity contribution in [2.45, 2.75) is 31.6 Å². The van der Waals surface area contributed by atoms with E-state index in [0.29, 0.717) is 17.4 Å². The normalized spacial score (nSPS) is 17.6. The molecule has 0 radical (unpaired) electrons. The van der Waals surface area contributed by atoms with Crippen LogP contribution in [0.2, 0.25) is 0 Å². The predicted molar refractivity (Wildman–Crippen MR) is 79.3 cm³/mol. The molecule has 0 amide bonds. The van der Waals surface area contributed by atoms with E-state index in [1.165, 1.54) is 4.31 Å². The molecule has 112 valence electrons. The molecule has 0 bridgehead atoms. The summed E-state index contributed by atoms with van der Waals surface area (Å²) in [6, 6.07) is 5.31. The number of hydrogen-bond acceptors (Lipinski definition) is 3. The maximum absolute atomic E-state index is 12.6. The molecule has 1 saturated heterocycles. The van der Waals surface area contributed by atoms with Crippen molar-refractivity contribution < 1.29 is 13.2 Å². The van der Waals surface area contributed by atoms with E-state index in [-0.39, 0.29) is 0 Å². The summed E-state index contributed by atoms with van der Waals surface area (Å²) >= 11 is 0. The monoisotopic (exact) mass is 297 g/mol. The lowest BCUT2D eigenvalue weighted by Crippen LogP contribution is -2.34. The van der Waals surface area contributed by atoms with Crippen LogP contribution in [0.3, 0.4) is 0 Å². The second-order valence-electron chi connectivity index (χ2n) is 5.59. The third kappa shape index (κ3) is 3.40. The lowest BCUT2D eigenvalue weighted by Gasteiger charge is -2.26. The maximum atomic E-state index is 12.6. The van der Waals surface area contributed by atoms with Crippen LogP contribution < -0.4 is 0 Å². The van der Waals surface area contributed by atoms with Crippen molar-refractivity contribution in [3.63, 3.8) is 0 Å². The molecule has 0 spiro atoms. The van der Waals surface area contributed by atoms with E-state index in [2.05, 4.69) is 0 Å². The topological polar surface area (TPSA) is 46.6 Å². The highest BCUT2D eigenvalue weighted by Gasteiger charge is 2.25. The first-order valence-corrected chi connectivity index (χ1v) is 8.46. The van der Waals surface area contributed by atoms with Gasteiger partial charge in [0.25, 0.3) is 0 Å². The zero-order valence-electron chi connectivity index (χ0n) is 12.4. The fraction of sp³-hybridized carbons (Fsp3) is 0.600. The summed E-state index contributed by atoms with van der Waals surface area (Å²) in [5, 5.41) is 0. The summed E-state index contributed by atoms with van der Waals surface area (Å²) in [7, 11) is -1.72. The Hall–Kier alpha value is -0.910. The second kappa shape index (κ2) is 6.24. The molecule has 1 aromatic rings. The van der Waals surface area contributed by atoms with Crippen molar-refractivity contribution in [1.82, 2.24) is 4.31 Å². The van der Waals surface area contributed by atoms with Crippen LogP contribution in [0.25, 0.3) is 0 Å². The minimum absolute atomic E-state index is 0.384. The quantitative estimate of drug-likeness (QED) is 0.857. The lowest BCUT2D eigenvalue weighted by molar-refractivity contribution is 0.0620. The van der Waals surface area contributed by atoms with Crippen molar-refractivity contribution in [3.05, 3.63) is 29.3 Å². The van der Waals surface area contributed by atoms with Gasteiger partial charge in [0.05, 0.1) is 4.90 Å². The Morgan fingerprint density at radius 1 is 1.20 bits per heavy atom. The third-order valence-electron chi connectivity index (χ3n) is 4.04. The molecule has 0 unspecified atom stereocenters. The minimum atomic E-state index is -3.39. The van der Waals surface area contributed by atoms with Crippen molar-refractivity contribution in [1.29, 1.82) is 0 Å². The second-order valence-corrected chi connectivity index (χ2v) is 7.63. The zero-order chi connectivity index (χ0) is 14.8. The summed E-state index contributed by atoms with van der Waals surface area (Å²) in [6.45, 7) is 5.97. The molecule has 0 aromatic heterocycles. The average molecular weight is 297 g/mol. The Morgan fingerprint density at radius 2 is 1.85 bits per heavy atom. The minimum Gasteiger partial charge on any atom is -0.381 e. The smallest absolute Gasteiger partial charge is 0.242 e. The third-order valence-corrected chi connectivity index (χ3v) is 5.86. The first-order valence-electron chi connectivity index (χ1n) is 7.02. The molecule has 20 heavy (non-hydrogen) atoms. The van der Waals surface area contributed by atoms with Gasteiger partial charge in [-0.05, 0) is 55.9 Å². The highest BCUT2D eigenvalue weighted by molar-refractivity contribution is 7.89. The molecule has 2 rings (SSSR count). The van der Waals surface area contributed by atoms with Gasteiger partial charge in [-0.1, -0.05) is 6.07 Å². The fourth-order valence-electron chi connectivity index (χ4n) is 2.45. The van der Waals surface area contributed by atoms with Gasteiger partial charge in [0.15, 0.2) is 0 Å². The van der Waals surface area contributed by atoms with Crippen molar-refractivity contribution >= 4 is 10.0 Å². The number of rotatable bonds is 4. The van der Waals surface area contributed by atoms with Crippen molar-refractivity contribution in [3.8, 4) is 0 Å². The highest BCUT2D eigenvalue weighted by Crippen LogP contribution is 2.22. The maximum Gasteiger partial charge on any atom is 0.242 e. The van der Waals surface area contributed by atoms with E-state index in [4.69, 9.17) is 4.74 Å². The van der Waals surface area contributed by atoms with Gasteiger partial charge in [-0.2, -0.15) is 0 Å². The van der Waals surface area contributed by atoms with E-state index in [1.54, 1.807) is 19.2 Å². The Balaban J connectivity index is 2.13. The van der Waals surface area contributed by atoms with Gasteiger partial charge >= 0.3 is 0 Å². The summed E-state index contributed by atoms with van der Waals surface area (Å²) in [6.07, 6.45) is 1.87. The van der Waals surface area contributed by atoms with E-state index in [9.17, 15) is 8.42 Å². The molecule has 1 aliphatic rings. The summed E-state index contributed by atoms with van der Waals surface area (Å²) in [5.41, 5.74) is 2.11. The summed E-state index contributed by atoms with van der Waals surface area (Å²) in [5.74, 6) is 0.398. The van der Waals surface area contributed by atoms with Crippen LogP contribution in [0, 0.1) is 19.8 Å². The number of ether oxygens (including phenoxy) is 1. The number of nitrogens with zero attached hydrogens (tertiary/aromatic N) is 1. The molecule has 0 aliphatic carbocycles. The first-order chi connectivity index (χ1) is 9.41. The standard InChI is InChI=1S/C15H23NO3S/c1-12-4-5-15(10-13(12)2)20(17,18)16(3)11-14-6-8-19-9-7-14/h4-5,10,14H,6-9,11H2,1-3H3. The van der Waals surface area contributed by atoms with Crippen LogP contribution in [0.15, 0.2) is 23.1 Å². The fourth-order valence-corrected chi connectivity index (χ4v) is 3.78. The number of aryl methyl sites for hydroxylation is 2. The highest BCUT2D eigenvalue weighted by atomic mass is 32.2.